The van der Waals surface area contributed by atoms with Gasteiger partial charge in [0.1, 0.15) is 11.4 Å². The number of rotatable bonds is 7. The van der Waals surface area contributed by atoms with Crippen molar-refractivity contribution in [3.8, 4) is 5.75 Å². The average molecular weight is 628 g/mol. The molecule has 0 saturated carbocycles. The van der Waals surface area contributed by atoms with Crippen LogP contribution in [-0.4, -0.2) is 42.3 Å². The number of carbonyl (C=O) groups is 1. The van der Waals surface area contributed by atoms with Crippen molar-refractivity contribution in [2.75, 3.05) is 31.7 Å². The standard InChI is InChI=1S/C28H27BrN4O6S/c1-4-39-27(35)24-16(2)30-28-32(25(24)18-8-10-22(38-3)19(29)15-18)26(34)23(40-28)14-17-7-9-20(21(13-17)33(36)37)31-11-5-6-12-31/h7-10,13-15,25H,4-6,11-12H2,1-3H3/b23-14-/t25-/m0/s1. The van der Waals surface area contributed by atoms with Gasteiger partial charge >= 0.3 is 5.97 Å². The molecule has 1 atom stereocenters. The number of hydrogen-bond donors (Lipinski definition) is 0. The molecule has 3 heterocycles. The van der Waals surface area contributed by atoms with Crippen LogP contribution in [0.2, 0.25) is 0 Å². The molecule has 2 aliphatic rings. The predicted molar refractivity (Wildman–Crippen MR) is 156 cm³/mol. The fraction of sp³-hybridized carbons (Fsp3) is 0.321. The molecule has 0 spiro atoms. The van der Waals surface area contributed by atoms with Gasteiger partial charge in [0.15, 0.2) is 4.80 Å². The molecule has 10 nitrogen and oxygen atoms in total. The van der Waals surface area contributed by atoms with Gasteiger partial charge in [0.05, 0.1) is 45.0 Å². The Morgan fingerprint density at radius 1 is 1.25 bits per heavy atom. The van der Waals surface area contributed by atoms with Gasteiger partial charge in [-0.1, -0.05) is 23.5 Å². The van der Waals surface area contributed by atoms with E-state index in [2.05, 4.69) is 20.9 Å². The van der Waals surface area contributed by atoms with Crippen LogP contribution in [0.1, 0.15) is 43.9 Å². The number of ether oxygens (including phenoxy) is 2. The molecule has 0 radical (unpaired) electrons. The van der Waals surface area contributed by atoms with Crippen LogP contribution >= 0.6 is 27.3 Å². The molecule has 0 aliphatic carbocycles. The summed E-state index contributed by atoms with van der Waals surface area (Å²) >= 11 is 4.67. The summed E-state index contributed by atoms with van der Waals surface area (Å²) in [5.74, 6) is 0.0524. The second-order valence-corrected chi connectivity index (χ2v) is 11.3. The zero-order valence-corrected chi connectivity index (χ0v) is 24.6. The van der Waals surface area contributed by atoms with Crippen molar-refractivity contribution in [1.82, 2.24) is 4.57 Å². The number of nitro benzene ring substituents is 1. The first-order valence-corrected chi connectivity index (χ1v) is 14.4. The number of allylic oxidation sites excluding steroid dienone is 1. The number of halogens is 1. The minimum atomic E-state index is -0.786. The molecule has 3 aromatic rings. The first kappa shape index (κ1) is 27.8. The molecular weight excluding hydrogens is 600 g/mol. The molecule has 0 amide bonds. The highest BCUT2D eigenvalue weighted by Crippen LogP contribution is 2.35. The van der Waals surface area contributed by atoms with E-state index < -0.39 is 12.0 Å². The van der Waals surface area contributed by atoms with Crippen LogP contribution in [0, 0.1) is 10.1 Å². The fourth-order valence-electron chi connectivity index (χ4n) is 5.11. The summed E-state index contributed by atoms with van der Waals surface area (Å²) in [5.41, 5.74) is 2.15. The molecular formula is C28H27BrN4O6S. The fourth-order valence-corrected chi connectivity index (χ4v) is 6.72. The highest BCUT2D eigenvalue weighted by atomic mass is 79.9. The Morgan fingerprint density at radius 3 is 2.65 bits per heavy atom. The van der Waals surface area contributed by atoms with Gasteiger partial charge in [-0.05, 0) is 78.0 Å². The summed E-state index contributed by atoms with van der Waals surface area (Å²) in [6, 6.07) is 9.60. The third kappa shape index (κ3) is 5.08. The van der Waals surface area contributed by atoms with Crippen molar-refractivity contribution in [1.29, 1.82) is 0 Å². The monoisotopic (exact) mass is 626 g/mol. The Hall–Kier alpha value is -3.77. The smallest absolute Gasteiger partial charge is 0.338 e. The summed E-state index contributed by atoms with van der Waals surface area (Å²) in [4.78, 5) is 45.5. The topological polar surface area (TPSA) is 116 Å². The van der Waals surface area contributed by atoms with Crippen molar-refractivity contribution in [2.24, 2.45) is 4.99 Å². The van der Waals surface area contributed by atoms with Crippen LogP contribution in [-0.2, 0) is 9.53 Å². The SMILES string of the molecule is CCOC(=O)C1=C(C)N=c2s/c(=C\c3ccc(N4CCCC4)c([N+](=O)[O-])c3)c(=O)n2[C@H]1c1ccc(OC)c(Br)c1. The second-order valence-electron chi connectivity index (χ2n) is 9.40. The molecule has 1 saturated heterocycles. The van der Waals surface area contributed by atoms with Gasteiger partial charge in [-0.3, -0.25) is 19.5 Å². The van der Waals surface area contributed by atoms with E-state index in [1.165, 1.54) is 22.0 Å². The van der Waals surface area contributed by atoms with Gasteiger partial charge in [-0.15, -0.1) is 0 Å². The quantitative estimate of drug-likeness (QED) is 0.220. The average Bonchev–Trinajstić information content (AvgIpc) is 3.56. The number of benzene rings is 2. The van der Waals surface area contributed by atoms with Gasteiger partial charge in [0, 0.05) is 19.2 Å². The molecule has 2 aromatic carbocycles. The zero-order chi connectivity index (χ0) is 28.6. The zero-order valence-electron chi connectivity index (χ0n) is 22.2. The summed E-state index contributed by atoms with van der Waals surface area (Å²) in [5, 5.41) is 11.9. The Labute approximate surface area is 242 Å². The van der Waals surface area contributed by atoms with Crippen molar-refractivity contribution in [3.63, 3.8) is 0 Å². The van der Waals surface area contributed by atoms with E-state index in [1.54, 1.807) is 57.4 Å². The van der Waals surface area contributed by atoms with E-state index in [-0.39, 0.29) is 28.3 Å². The van der Waals surface area contributed by atoms with E-state index in [4.69, 9.17) is 9.47 Å². The van der Waals surface area contributed by atoms with Crippen molar-refractivity contribution in [2.45, 2.75) is 32.7 Å². The van der Waals surface area contributed by atoms with E-state index in [1.807, 2.05) is 4.90 Å². The first-order chi connectivity index (χ1) is 19.2. The highest BCUT2D eigenvalue weighted by Gasteiger charge is 2.33. The van der Waals surface area contributed by atoms with Crippen LogP contribution in [0.15, 0.2) is 61.9 Å². The Bertz CT molecular complexity index is 1720. The lowest BCUT2D eigenvalue weighted by Gasteiger charge is -2.25. The molecule has 5 rings (SSSR count). The third-order valence-electron chi connectivity index (χ3n) is 6.95. The molecule has 0 unspecified atom stereocenters. The van der Waals surface area contributed by atoms with Gasteiger partial charge in [0.2, 0.25) is 0 Å². The maximum atomic E-state index is 13.9. The van der Waals surface area contributed by atoms with Gasteiger partial charge < -0.3 is 14.4 Å². The summed E-state index contributed by atoms with van der Waals surface area (Å²) in [7, 11) is 1.55. The number of carbonyl (C=O) groups excluding carboxylic acids is 1. The first-order valence-electron chi connectivity index (χ1n) is 12.8. The number of hydrogen-bond acceptors (Lipinski definition) is 9. The maximum Gasteiger partial charge on any atom is 0.338 e. The number of nitro groups is 1. The lowest BCUT2D eigenvalue weighted by Crippen LogP contribution is -2.40. The molecule has 40 heavy (non-hydrogen) atoms. The minimum Gasteiger partial charge on any atom is -0.496 e. The second kappa shape index (κ2) is 11.4. The van der Waals surface area contributed by atoms with Gasteiger partial charge in [-0.2, -0.15) is 0 Å². The summed E-state index contributed by atoms with van der Waals surface area (Å²) < 4.78 is 13.2. The molecule has 12 heteroatoms. The normalized spacial score (nSPS) is 17.1. The summed E-state index contributed by atoms with van der Waals surface area (Å²) in [6.45, 7) is 5.17. The summed E-state index contributed by atoms with van der Waals surface area (Å²) in [6.07, 6.45) is 3.63. The number of aromatic nitrogens is 1. The van der Waals surface area contributed by atoms with Crippen LogP contribution in [0.25, 0.3) is 6.08 Å². The number of methoxy groups -OCH3 is 1. The third-order valence-corrected chi connectivity index (χ3v) is 8.55. The van der Waals surface area contributed by atoms with Gasteiger partial charge in [-0.25, -0.2) is 9.79 Å². The Kier molecular flexibility index (Phi) is 7.90. The molecule has 2 aliphatic heterocycles. The minimum absolute atomic E-state index is 0.00447. The van der Waals surface area contributed by atoms with Gasteiger partial charge in [0.25, 0.3) is 11.2 Å². The van der Waals surface area contributed by atoms with E-state index in [9.17, 15) is 19.7 Å². The van der Waals surface area contributed by atoms with Crippen molar-refractivity contribution < 1.29 is 19.2 Å². The molecule has 1 fully saturated rings. The predicted octanol–water partition coefficient (Wildman–Crippen LogP) is 4.08. The molecule has 208 valence electrons. The number of fused-ring (bicyclic) bond motifs is 1. The van der Waals surface area contributed by atoms with Crippen LogP contribution < -0.4 is 24.5 Å². The van der Waals surface area contributed by atoms with E-state index in [0.29, 0.717) is 42.1 Å². The van der Waals surface area contributed by atoms with E-state index >= 15 is 0 Å². The van der Waals surface area contributed by atoms with Crippen LogP contribution in [0.5, 0.6) is 5.75 Å². The largest absolute Gasteiger partial charge is 0.496 e. The van der Waals surface area contributed by atoms with Crippen molar-refractivity contribution in [3.05, 3.63) is 93.1 Å². The molecule has 0 N–H and O–H groups in total. The van der Waals surface area contributed by atoms with Crippen LogP contribution in [0.3, 0.4) is 0 Å². The Balaban J connectivity index is 1.66. The number of nitrogens with zero attached hydrogens (tertiary/aromatic N) is 4. The lowest BCUT2D eigenvalue weighted by atomic mass is 9.96. The number of thiazole rings is 1. The maximum absolute atomic E-state index is 13.9. The lowest BCUT2D eigenvalue weighted by molar-refractivity contribution is -0.384. The van der Waals surface area contributed by atoms with Crippen LogP contribution in [0.4, 0.5) is 11.4 Å². The number of esters is 1. The molecule has 0 bridgehead atoms. The van der Waals surface area contributed by atoms with Crippen molar-refractivity contribution >= 4 is 50.7 Å². The molecule has 1 aromatic heterocycles. The number of anilines is 1. The Morgan fingerprint density at radius 2 is 2.00 bits per heavy atom. The highest BCUT2D eigenvalue weighted by molar-refractivity contribution is 9.10. The van der Waals surface area contributed by atoms with E-state index in [0.717, 1.165) is 25.9 Å².